The Balaban J connectivity index is 2.25. The molecule has 94 valence electrons. The van der Waals surface area contributed by atoms with Crippen molar-refractivity contribution in [3.63, 3.8) is 0 Å². The average molecular weight is 236 g/mol. The Kier molecular flexibility index (Phi) is 3.86. The molecule has 2 atom stereocenters. The van der Waals surface area contributed by atoms with Crippen molar-refractivity contribution in [1.82, 2.24) is 5.32 Å². The molecule has 0 aliphatic carbocycles. The number of nitrogens with one attached hydrogen (secondary N) is 1. The Hall–Kier alpha value is -1.26. The van der Waals surface area contributed by atoms with Crippen LogP contribution >= 0.6 is 0 Å². The molecular formula is C13H20N2O2. The van der Waals surface area contributed by atoms with Crippen molar-refractivity contribution in [3.05, 3.63) is 23.8 Å². The number of rotatable bonds is 3. The molecule has 17 heavy (non-hydrogen) atoms. The Bertz CT molecular complexity index is 382. The van der Waals surface area contributed by atoms with Gasteiger partial charge in [-0.05, 0) is 37.1 Å². The van der Waals surface area contributed by atoms with Crippen LogP contribution in [0.4, 0.5) is 0 Å². The molecule has 1 aliphatic rings. The first-order valence-electron chi connectivity index (χ1n) is 5.97. The third-order valence-corrected chi connectivity index (χ3v) is 3.27. The molecule has 0 saturated carbocycles. The molecule has 0 aromatic heterocycles. The summed E-state index contributed by atoms with van der Waals surface area (Å²) in [5.74, 6) is 1.50. The fraction of sp³-hybridized carbons (Fsp3) is 0.538. The van der Waals surface area contributed by atoms with Crippen molar-refractivity contribution >= 4 is 0 Å². The van der Waals surface area contributed by atoms with Gasteiger partial charge >= 0.3 is 0 Å². The zero-order valence-electron chi connectivity index (χ0n) is 10.4. The van der Waals surface area contributed by atoms with Gasteiger partial charge in [-0.25, -0.2) is 0 Å². The molecule has 4 nitrogen and oxygen atoms in total. The lowest BCUT2D eigenvalue weighted by atomic mass is 9.93. The van der Waals surface area contributed by atoms with Crippen LogP contribution in [-0.4, -0.2) is 26.8 Å². The number of benzene rings is 1. The highest BCUT2D eigenvalue weighted by atomic mass is 16.5. The lowest BCUT2D eigenvalue weighted by Gasteiger charge is -2.30. The summed E-state index contributed by atoms with van der Waals surface area (Å²) in [4.78, 5) is 0. The fourth-order valence-electron chi connectivity index (χ4n) is 2.32. The van der Waals surface area contributed by atoms with Gasteiger partial charge in [-0.2, -0.15) is 0 Å². The Labute approximate surface area is 102 Å². The third kappa shape index (κ3) is 2.53. The molecule has 3 N–H and O–H groups in total. The third-order valence-electron chi connectivity index (χ3n) is 3.27. The van der Waals surface area contributed by atoms with E-state index in [0.717, 1.165) is 36.4 Å². The summed E-state index contributed by atoms with van der Waals surface area (Å²) >= 11 is 0. The van der Waals surface area contributed by atoms with Crippen LogP contribution in [0, 0.1) is 0 Å². The van der Waals surface area contributed by atoms with E-state index in [4.69, 9.17) is 15.2 Å². The average Bonchev–Trinajstić information content (AvgIpc) is 2.38. The van der Waals surface area contributed by atoms with Gasteiger partial charge in [-0.1, -0.05) is 6.07 Å². The Morgan fingerprint density at radius 2 is 2.00 bits per heavy atom. The smallest absolute Gasteiger partial charge is 0.161 e. The number of ether oxygens (including phenoxy) is 2. The van der Waals surface area contributed by atoms with Crippen LogP contribution in [0.25, 0.3) is 0 Å². The number of methoxy groups -OCH3 is 2. The Morgan fingerprint density at radius 3 is 2.65 bits per heavy atom. The highest BCUT2D eigenvalue weighted by Gasteiger charge is 2.23. The molecule has 1 aromatic rings. The molecule has 4 heteroatoms. The lowest BCUT2D eigenvalue weighted by Crippen LogP contribution is -2.42. The van der Waals surface area contributed by atoms with E-state index in [9.17, 15) is 0 Å². The van der Waals surface area contributed by atoms with Gasteiger partial charge in [0.25, 0.3) is 0 Å². The molecular weight excluding hydrogens is 216 g/mol. The molecule has 2 unspecified atom stereocenters. The highest BCUT2D eigenvalue weighted by Crippen LogP contribution is 2.32. The first-order chi connectivity index (χ1) is 8.26. The molecule has 1 saturated heterocycles. The van der Waals surface area contributed by atoms with E-state index in [1.807, 2.05) is 18.2 Å². The normalized spacial score (nSPS) is 24.4. The maximum atomic E-state index is 6.14. The predicted octanol–water partition coefficient (Wildman–Crippen LogP) is 1.46. The molecule has 0 spiro atoms. The van der Waals surface area contributed by atoms with Crippen LogP contribution in [0.5, 0.6) is 11.5 Å². The van der Waals surface area contributed by atoms with E-state index in [0.29, 0.717) is 0 Å². The van der Waals surface area contributed by atoms with Crippen LogP contribution in [0.15, 0.2) is 18.2 Å². The van der Waals surface area contributed by atoms with E-state index >= 15 is 0 Å². The molecule has 0 radical (unpaired) electrons. The van der Waals surface area contributed by atoms with Crippen LogP contribution in [-0.2, 0) is 0 Å². The second kappa shape index (κ2) is 5.38. The summed E-state index contributed by atoms with van der Waals surface area (Å²) in [6, 6.07) is 6.36. The predicted molar refractivity (Wildman–Crippen MR) is 67.5 cm³/mol. The summed E-state index contributed by atoms with van der Waals surface area (Å²) in [6.07, 6.45) is 2.21. The van der Waals surface area contributed by atoms with E-state index < -0.39 is 0 Å². The van der Waals surface area contributed by atoms with Gasteiger partial charge in [-0.3, -0.25) is 0 Å². The van der Waals surface area contributed by atoms with Crippen molar-refractivity contribution in [3.8, 4) is 11.5 Å². The first kappa shape index (κ1) is 12.2. The van der Waals surface area contributed by atoms with E-state index in [2.05, 4.69) is 5.32 Å². The quantitative estimate of drug-likeness (QED) is 0.834. The zero-order chi connectivity index (χ0) is 12.3. The largest absolute Gasteiger partial charge is 0.493 e. The molecule has 1 aliphatic heterocycles. The summed E-state index contributed by atoms with van der Waals surface area (Å²) in [5.41, 5.74) is 7.30. The second-order valence-electron chi connectivity index (χ2n) is 4.35. The minimum Gasteiger partial charge on any atom is -0.493 e. The summed E-state index contributed by atoms with van der Waals surface area (Å²) in [6.45, 7) is 1.02. The Morgan fingerprint density at radius 1 is 1.24 bits per heavy atom. The molecule has 1 heterocycles. The monoisotopic (exact) mass is 236 g/mol. The lowest BCUT2D eigenvalue weighted by molar-refractivity contribution is 0.344. The van der Waals surface area contributed by atoms with Gasteiger partial charge in [0.05, 0.1) is 14.2 Å². The van der Waals surface area contributed by atoms with Crippen molar-refractivity contribution in [2.45, 2.75) is 24.9 Å². The van der Waals surface area contributed by atoms with Crippen molar-refractivity contribution in [2.75, 3.05) is 20.8 Å². The molecule has 0 bridgehead atoms. The van der Waals surface area contributed by atoms with E-state index in [-0.39, 0.29) is 12.1 Å². The number of nitrogens with two attached hydrogens (primary N) is 1. The van der Waals surface area contributed by atoms with Gasteiger partial charge in [0.15, 0.2) is 11.5 Å². The second-order valence-corrected chi connectivity index (χ2v) is 4.35. The SMILES string of the molecule is COc1ccc(C2NCCCC2N)cc1OC. The van der Waals surface area contributed by atoms with Crippen molar-refractivity contribution in [1.29, 1.82) is 0 Å². The summed E-state index contributed by atoms with van der Waals surface area (Å²) in [7, 11) is 3.29. The standard InChI is InChI=1S/C13H20N2O2/c1-16-11-6-5-9(8-12(11)17-2)13-10(14)4-3-7-15-13/h5-6,8,10,13,15H,3-4,7,14H2,1-2H3. The molecule has 2 rings (SSSR count). The van der Waals surface area contributed by atoms with Crippen molar-refractivity contribution < 1.29 is 9.47 Å². The van der Waals surface area contributed by atoms with Gasteiger partial charge in [0, 0.05) is 12.1 Å². The van der Waals surface area contributed by atoms with Crippen LogP contribution in [0.1, 0.15) is 24.4 Å². The van der Waals surface area contributed by atoms with Crippen LogP contribution < -0.4 is 20.5 Å². The van der Waals surface area contributed by atoms with Gasteiger partial charge in [0.1, 0.15) is 0 Å². The molecule has 1 aromatic carbocycles. The number of piperidine rings is 1. The minimum absolute atomic E-state index is 0.168. The van der Waals surface area contributed by atoms with E-state index in [1.165, 1.54) is 0 Å². The first-order valence-corrected chi connectivity index (χ1v) is 5.97. The number of hydrogen-bond donors (Lipinski definition) is 2. The minimum atomic E-state index is 0.168. The maximum absolute atomic E-state index is 6.14. The van der Waals surface area contributed by atoms with Crippen molar-refractivity contribution in [2.24, 2.45) is 5.73 Å². The zero-order valence-corrected chi connectivity index (χ0v) is 10.4. The molecule has 0 amide bonds. The number of hydrogen-bond acceptors (Lipinski definition) is 4. The van der Waals surface area contributed by atoms with Gasteiger partial charge in [-0.15, -0.1) is 0 Å². The fourth-order valence-corrected chi connectivity index (χ4v) is 2.32. The van der Waals surface area contributed by atoms with Gasteiger partial charge in [0.2, 0.25) is 0 Å². The summed E-state index contributed by atoms with van der Waals surface area (Å²) in [5, 5.41) is 3.45. The van der Waals surface area contributed by atoms with Gasteiger partial charge < -0.3 is 20.5 Å². The van der Waals surface area contributed by atoms with E-state index in [1.54, 1.807) is 14.2 Å². The maximum Gasteiger partial charge on any atom is 0.161 e. The van der Waals surface area contributed by atoms with Crippen LogP contribution in [0.2, 0.25) is 0 Å². The highest BCUT2D eigenvalue weighted by molar-refractivity contribution is 5.44. The summed E-state index contributed by atoms with van der Waals surface area (Å²) < 4.78 is 10.5. The molecule has 1 fully saturated rings. The van der Waals surface area contributed by atoms with Crippen LogP contribution in [0.3, 0.4) is 0 Å². The topological polar surface area (TPSA) is 56.5 Å².